The van der Waals surface area contributed by atoms with Crippen LogP contribution in [0.15, 0.2) is 18.2 Å². The number of carbonyl (C=O) groups excluding carboxylic acids is 1. The lowest BCUT2D eigenvalue weighted by Crippen LogP contribution is -2.40. The Balaban J connectivity index is 1.68. The van der Waals surface area contributed by atoms with E-state index in [1.807, 2.05) is 11.0 Å². The van der Waals surface area contributed by atoms with Crippen LogP contribution in [0.1, 0.15) is 31.7 Å². The number of carbonyl (C=O) groups is 1. The molecule has 2 aliphatic rings. The molecule has 0 spiro atoms. The van der Waals surface area contributed by atoms with Gasteiger partial charge in [-0.2, -0.15) is 0 Å². The van der Waals surface area contributed by atoms with Crippen molar-refractivity contribution in [2.24, 2.45) is 0 Å². The molecule has 2 heterocycles. The summed E-state index contributed by atoms with van der Waals surface area (Å²) in [4.78, 5) is 16.6. The standard InChI is InChI=1S/C17H25N3O2/c1-12(21)10-15-4-3-8-20(15)17(22)18-14-6-5-13-7-9-19(2)16(13)11-14/h5-6,11-12,15,21H,3-4,7-10H2,1-2H3,(H,18,22). The first-order chi connectivity index (χ1) is 10.5. The third kappa shape index (κ3) is 3.04. The first kappa shape index (κ1) is 15.2. The van der Waals surface area contributed by atoms with E-state index in [0.717, 1.165) is 38.0 Å². The zero-order chi connectivity index (χ0) is 15.7. The Labute approximate surface area is 131 Å². The maximum atomic E-state index is 12.5. The quantitative estimate of drug-likeness (QED) is 0.902. The highest BCUT2D eigenvalue weighted by molar-refractivity contribution is 5.90. The van der Waals surface area contributed by atoms with Crippen LogP contribution in [-0.4, -0.2) is 48.3 Å². The first-order valence-electron chi connectivity index (χ1n) is 8.14. The van der Waals surface area contributed by atoms with Crippen LogP contribution in [0.2, 0.25) is 0 Å². The van der Waals surface area contributed by atoms with Gasteiger partial charge in [0.05, 0.1) is 6.10 Å². The smallest absolute Gasteiger partial charge is 0.322 e. The van der Waals surface area contributed by atoms with Crippen molar-refractivity contribution in [1.29, 1.82) is 0 Å². The van der Waals surface area contributed by atoms with Crippen LogP contribution in [0.5, 0.6) is 0 Å². The van der Waals surface area contributed by atoms with E-state index >= 15 is 0 Å². The molecule has 0 saturated carbocycles. The molecule has 0 aliphatic carbocycles. The van der Waals surface area contributed by atoms with Crippen LogP contribution >= 0.6 is 0 Å². The zero-order valence-electron chi connectivity index (χ0n) is 13.4. The summed E-state index contributed by atoms with van der Waals surface area (Å²) >= 11 is 0. The topological polar surface area (TPSA) is 55.8 Å². The lowest BCUT2D eigenvalue weighted by molar-refractivity contribution is 0.142. The Morgan fingerprint density at radius 3 is 3.05 bits per heavy atom. The van der Waals surface area contributed by atoms with Crippen molar-refractivity contribution in [2.75, 3.05) is 30.4 Å². The molecule has 1 fully saturated rings. The Hall–Kier alpha value is -1.75. The summed E-state index contributed by atoms with van der Waals surface area (Å²) in [6.45, 7) is 3.59. The molecule has 2 N–H and O–H groups in total. The number of fused-ring (bicyclic) bond motifs is 1. The number of rotatable bonds is 3. The summed E-state index contributed by atoms with van der Waals surface area (Å²) in [7, 11) is 2.08. The number of nitrogens with one attached hydrogen (secondary N) is 1. The minimum Gasteiger partial charge on any atom is -0.393 e. The molecule has 2 unspecified atom stereocenters. The molecule has 0 aromatic heterocycles. The molecule has 1 aromatic rings. The number of hydrogen-bond acceptors (Lipinski definition) is 3. The number of nitrogens with zero attached hydrogens (tertiary/aromatic N) is 2. The largest absolute Gasteiger partial charge is 0.393 e. The number of amides is 2. The zero-order valence-corrected chi connectivity index (χ0v) is 13.4. The second-order valence-corrected chi connectivity index (χ2v) is 6.52. The van der Waals surface area contributed by atoms with Crippen molar-refractivity contribution in [1.82, 2.24) is 4.90 Å². The molecule has 3 rings (SSSR count). The Bertz CT molecular complexity index is 559. The highest BCUT2D eigenvalue weighted by atomic mass is 16.3. The van der Waals surface area contributed by atoms with E-state index < -0.39 is 0 Å². The number of urea groups is 1. The van der Waals surface area contributed by atoms with Crippen molar-refractivity contribution < 1.29 is 9.90 Å². The van der Waals surface area contributed by atoms with Gasteiger partial charge < -0.3 is 20.2 Å². The van der Waals surface area contributed by atoms with Gasteiger partial charge in [-0.1, -0.05) is 6.07 Å². The van der Waals surface area contributed by atoms with E-state index in [-0.39, 0.29) is 18.2 Å². The van der Waals surface area contributed by atoms with Gasteiger partial charge in [0.2, 0.25) is 0 Å². The van der Waals surface area contributed by atoms with E-state index in [1.54, 1.807) is 6.92 Å². The number of aliphatic hydroxyl groups excluding tert-OH is 1. The molecular weight excluding hydrogens is 278 g/mol. The summed E-state index contributed by atoms with van der Waals surface area (Å²) in [6.07, 6.45) is 3.35. The lowest BCUT2D eigenvalue weighted by Gasteiger charge is -2.26. The maximum absolute atomic E-state index is 12.5. The molecule has 2 atom stereocenters. The van der Waals surface area contributed by atoms with E-state index in [1.165, 1.54) is 11.3 Å². The van der Waals surface area contributed by atoms with Crippen LogP contribution in [0.4, 0.5) is 16.2 Å². The average molecular weight is 303 g/mol. The Morgan fingerprint density at radius 1 is 1.45 bits per heavy atom. The summed E-state index contributed by atoms with van der Waals surface area (Å²) in [5.74, 6) is 0. The van der Waals surface area contributed by atoms with Crippen molar-refractivity contribution in [3.05, 3.63) is 23.8 Å². The lowest BCUT2D eigenvalue weighted by atomic mass is 10.1. The minimum atomic E-state index is -0.368. The third-order valence-corrected chi connectivity index (χ3v) is 4.72. The van der Waals surface area contributed by atoms with E-state index in [4.69, 9.17) is 0 Å². The SMILES string of the molecule is CC(O)CC1CCCN1C(=O)Nc1ccc2c(c1)N(C)CC2. The van der Waals surface area contributed by atoms with Crippen LogP contribution in [0.25, 0.3) is 0 Å². The Kier molecular flexibility index (Phi) is 4.25. The second-order valence-electron chi connectivity index (χ2n) is 6.52. The van der Waals surface area contributed by atoms with Crippen molar-refractivity contribution in [3.63, 3.8) is 0 Å². The molecule has 1 aromatic carbocycles. The monoisotopic (exact) mass is 303 g/mol. The molecule has 120 valence electrons. The highest BCUT2D eigenvalue weighted by Gasteiger charge is 2.29. The predicted molar refractivity (Wildman–Crippen MR) is 88.5 cm³/mol. The maximum Gasteiger partial charge on any atom is 0.322 e. The highest BCUT2D eigenvalue weighted by Crippen LogP contribution is 2.30. The third-order valence-electron chi connectivity index (χ3n) is 4.72. The van der Waals surface area contributed by atoms with Gasteiger partial charge in [0, 0.05) is 37.6 Å². The first-order valence-corrected chi connectivity index (χ1v) is 8.14. The van der Waals surface area contributed by atoms with Gasteiger partial charge >= 0.3 is 6.03 Å². The number of likely N-dealkylation sites (N-methyl/N-ethyl adjacent to an activating group) is 1. The number of anilines is 2. The van der Waals surface area contributed by atoms with Gasteiger partial charge in [-0.25, -0.2) is 4.79 Å². The summed E-state index contributed by atoms with van der Waals surface area (Å²) in [5, 5.41) is 12.6. The molecule has 1 saturated heterocycles. The molecule has 0 bridgehead atoms. The fraction of sp³-hybridized carbons (Fsp3) is 0.588. The second kappa shape index (κ2) is 6.16. The molecule has 5 heteroatoms. The van der Waals surface area contributed by atoms with Crippen LogP contribution in [0, 0.1) is 0 Å². The van der Waals surface area contributed by atoms with Gasteiger partial charge in [0.25, 0.3) is 0 Å². The fourth-order valence-corrected chi connectivity index (χ4v) is 3.55. The minimum absolute atomic E-state index is 0.0521. The molecule has 5 nitrogen and oxygen atoms in total. The summed E-state index contributed by atoms with van der Waals surface area (Å²) < 4.78 is 0. The van der Waals surface area contributed by atoms with Gasteiger partial charge in [-0.3, -0.25) is 0 Å². The van der Waals surface area contributed by atoms with E-state index in [9.17, 15) is 9.90 Å². The van der Waals surface area contributed by atoms with Gasteiger partial charge in [0.15, 0.2) is 0 Å². The van der Waals surface area contributed by atoms with Crippen molar-refractivity contribution in [3.8, 4) is 0 Å². The van der Waals surface area contributed by atoms with Crippen LogP contribution < -0.4 is 10.2 Å². The van der Waals surface area contributed by atoms with Crippen molar-refractivity contribution in [2.45, 2.75) is 44.8 Å². The van der Waals surface area contributed by atoms with Crippen LogP contribution in [0.3, 0.4) is 0 Å². The molecule has 0 radical (unpaired) electrons. The molecular formula is C17H25N3O2. The summed E-state index contributed by atoms with van der Waals surface area (Å²) in [6, 6.07) is 6.24. The van der Waals surface area contributed by atoms with Crippen LogP contribution in [-0.2, 0) is 6.42 Å². The van der Waals surface area contributed by atoms with E-state index in [0.29, 0.717) is 6.42 Å². The van der Waals surface area contributed by atoms with Gasteiger partial charge in [0.1, 0.15) is 0 Å². The number of hydrogen-bond donors (Lipinski definition) is 2. The van der Waals surface area contributed by atoms with Gasteiger partial charge in [-0.05, 0) is 50.3 Å². The van der Waals surface area contributed by atoms with Gasteiger partial charge in [-0.15, -0.1) is 0 Å². The fourth-order valence-electron chi connectivity index (χ4n) is 3.55. The van der Waals surface area contributed by atoms with E-state index in [2.05, 4.69) is 29.4 Å². The Morgan fingerprint density at radius 2 is 2.27 bits per heavy atom. The number of likely N-dealkylation sites (tertiary alicyclic amines) is 1. The molecule has 2 aliphatic heterocycles. The molecule has 22 heavy (non-hydrogen) atoms. The average Bonchev–Trinajstić information content (AvgIpc) is 3.06. The number of benzene rings is 1. The van der Waals surface area contributed by atoms with Crippen molar-refractivity contribution >= 4 is 17.4 Å². The summed E-state index contributed by atoms with van der Waals surface area (Å²) in [5.41, 5.74) is 3.40. The predicted octanol–water partition coefficient (Wildman–Crippen LogP) is 2.45. The number of aliphatic hydroxyl groups is 1. The normalized spacial score (nSPS) is 21.9. The molecule has 2 amide bonds.